The minimum atomic E-state index is -3.56. The maximum absolute atomic E-state index is 12.2. The molecule has 1 aliphatic carbocycles. The van der Waals surface area contributed by atoms with Gasteiger partial charge in [-0.05, 0) is 49.6 Å². The summed E-state index contributed by atoms with van der Waals surface area (Å²) >= 11 is 1.15. The molecule has 1 saturated carbocycles. The average Bonchev–Trinajstić information content (AvgIpc) is 3.21. The third-order valence-electron chi connectivity index (χ3n) is 4.41. The summed E-state index contributed by atoms with van der Waals surface area (Å²) in [6, 6.07) is 3.71. The van der Waals surface area contributed by atoms with E-state index in [-0.39, 0.29) is 16.7 Å². The van der Waals surface area contributed by atoms with E-state index < -0.39 is 10.0 Å². The fourth-order valence-electron chi connectivity index (χ4n) is 2.74. The second-order valence-electron chi connectivity index (χ2n) is 6.26. The Balaban J connectivity index is 1.40. The summed E-state index contributed by atoms with van der Waals surface area (Å²) in [6.45, 7) is 2.32. The minimum absolute atomic E-state index is 0.147. The van der Waals surface area contributed by atoms with Crippen LogP contribution in [-0.2, 0) is 14.8 Å². The number of nitrogens with one attached hydrogen (secondary N) is 2. The highest BCUT2D eigenvalue weighted by molar-refractivity contribution is 7.91. The summed E-state index contributed by atoms with van der Waals surface area (Å²) in [5, 5.41) is 5.27. The van der Waals surface area contributed by atoms with Crippen molar-refractivity contribution < 1.29 is 13.2 Å². The van der Waals surface area contributed by atoms with Gasteiger partial charge < -0.3 is 10.2 Å². The predicted octanol–water partition coefficient (Wildman–Crippen LogP) is 1.02. The molecular formula is C15H23N3O3S2. The molecule has 8 heteroatoms. The number of carbonyl (C=O) groups excluding carboxylic acids is 1. The molecule has 1 aromatic heterocycles. The zero-order valence-electron chi connectivity index (χ0n) is 13.0. The lowest BCUT2D eigenvalue weighted by molar-refractivity contribution is -0.131. The SMILES string of the molecule is O=C(CNS(=O)(=O)c1cccs1)N1CCC(NCC2CC2)CC1. The third-order valence-corrected chi connectivity index (χ3v) is 7.21. The highest BCUT2D eigenvalue weighted by atomic mass is 32.2. The summed E-state index contributed by atoms with van der Waals surface area (Å²) < 4.78 is 26.6. The first kappa shape index (κ1) is 16.9. The van der Waals surface area contributed by atoms with Gasteiger partial charge in [0.15, 0.2) is 0 Å². The molecule has 2 N–H and O–H groups in total. The number of hydrogen-bond acceptors (Lipinski definition) is 5. The normalized spacial score (nSPS) is 19.9. The molecule has 0 spiro atoms. The molecule has 6 nitrogen and oxygen atoms in total. The van der Waals surface area contributed by atoms with Crippen LogP contribution in [0.25, 0.3) is 0 Å². The zero-order valence-corrected chi connectivity index (χ0v) is 14.7. The Hall–Kier alpha value is -0.960. The van der Waals surface area contributed by atoms with E-state index in [1.165, 1.54) is 18.9 Å². The van der Waals surface area contributed by atoms with Crippen LogP contribution in [0.15, 0.2) is 21.7 Å². The molecule has 1 aliphatic heterocycles. The van der Waals surface area contributed by atoms with Crippen molar-refractivity contribution >= 4 is 27.3 Å². The Morgan fingerprint density at radius 1 is 1.26 bits per heavy atom. The van der Waals surface area contributed by atoms with Gasteiger partial charge in [-0.3, -0.25) is 4.79 Å². The van der Waals surface area contributed by atoms with Crippen LogP contribution in [-0.4, -0.2) is 51.4 Å². The Bertz CT molecular complexity index is 618. The molecule has 0 bridgehead atoms. The van der Waals surface area contributed by atoms with Crippen LogP contribution >= 0.6 is 11.3 Å². The number of piperidine rings is 1. The lowest BCUT2D eigenvalue weighted by atomic mass is 10.0. The quantitative estimate of drug-likeness (QED) is 0.764. The van der Waals surface area contributed by atoms with Crippen molar-refractivity contribution in [3.05, 3.63) is 17.5 Å². The van der Waals surface area contributed by atoms with Gasteiger partial charge in [0.1, 0.15) is 4.21 Å². The number of thiophene rings is 1. The van der Waals surface area contributed by atoms with E-state index in [2.05, 4.69) is 10.0 Å². The number of sulfonamides is 1. The number of nitrogens with zero attached hydrogens (tertiary/aromatic N) is 1. The lowest BCUT2D eigenvalue weighted by Crippen LogP contribution is -2.48. The fraction of sp³-hybridized carbons (Fsp3) is 0.667. The molecule has 0 radical (unpaired) electrons. The van der Waals surface area contributed by atoms with Crippen molar-refractivity contribution in [3.8, 4) is 0 Å². The van der Waals surface area contributed by atoms with Crippen molar-refractivity contribution in [1.82, 2.24) is 14.9 Å². The van der Waals surface area contributed by atoms with Crippen LogP contribution in [0.2, 0.25) is 0 Å². The highest BCUT2D eigenvalue weighted by Gasteiger charge is 2.26. The second-order valence-corrected chi connectivity index (χ2v) is 9.20. The van der Waals surface area contributed by atoms with Gasteiger partial charge in [0.05, 0.1) is 6.54 Å². The van der Waals surface area contributed by atoms with Crippen LogP contribution in [0.5, 0.6) is 0 Å². The molecule has 23 heavy (non-hydrogen) atoms. The summed E-state index contributed by atoms with van der Waals surface area (Å²) in [7, 11) is -3.56. The molecule has 2 aliphatic rings. The predicted molar refractivity (Wildman–Crippen MR) is 89.8 cm³/mol. The van der Waals surface area contributed by atoms with E-state index in [9.17, 15) is 13.2 Å². The van der Waals surface area contributed by atoms with Gasteiger partial charge >= 0.3 is 0 Å². The Labute approximate surface area is 141 Å². The van der Waals surface area contributed by atoms with Crippen LogP contribution in [0, 0.1) is 5.92 Å². The van der Waals surface area contributed by atoms with Crippen molar-refractivity contribution in [1.29, 1.82) is 0 Å². The fourth-order valence-corrected chi connectivity index (χ4v) is 4.76. The Morgan fingerprint density at radius 3 is 2.61 bits per heavy atom. The molecule has 1 aromatic rings. The van der Waals surface area contributed by atoms with E-state index in [4.69, 9.17) is 0 Å². The van der Waals surface area contributed by atoms with Gasteiger partial charge in [0.2, 0.25) is 5.91 Å². The van der Waals surface area contributed by atoms with Crippen LogP contribution < -0.4 is 10.0 Å². The topological polar surface area (TPSA) is 78.5 Å². The maximum Gasteiger partial charge on any atom is 0.250 e. The molecule has 0 aromatic carbocycles. The first-order valence-corrected chi connectivity index (χ1v) is 10.5. The molecule has 1 saturated heterocycles. The molecular weight excluding hydrogens is 334 g/mol. The molecule has 2 fully saturated rings. The molecule has 128 valence electrons. The van der Waals surface area contributed by atoms with Gasteiger partial charge in [-0.1, -0.05) is 6.07 Å². The van der Waals surface area contributed by atoms with Crippen molar-refractivity contribution in [2.75, 3.05) is 26.2 Å². The Morgan fingerprint density at radius 2 is 2.00 bits per heavy atom. The van der Waals surface area contributed by atoms with Gasteiger partial charge in [0.25, 0.3) is 10.0 Å². The van der Waals surface area contributed by atoms with Crippen molar-refractivity contribution in [2.24, 2.45) is 5.92 Å². The number of amides is 1. The van der Waals surface area contributed by atoms with Crippen LogP contribution in [0.3, 0.4) is 0 Å². The number of carbonyl (C=O) groups is 1. The van der Waals surface area contributed by atoms with Gasteiger partial charge in [-0.25, -0.2) is 13.1 Å². The smallest absolute Gasteiger partial charge is 0.250 e. The third kappa shape index (κ3) is 4.76. The molecule has 0 unspecified atom stereocenters. The maximum atomic E-state index is 12.2. The van der Waals surface area contributed by atoms with Gasteiger partial charge in [0, 0.05) is 19.1 Å². The van der Waals surface area contributed by atoms with E-state index >= 15 is 0 Å². The molecule has 3 rings (SSSR count). The highest BCUT2D eigenvalue weighted by Crippen LogP contribution is 2.28. The number of likely N-dealkylation sites (tertiary alicyclic amines) is 1. The summed E-state index contributed by atoms with van der Waals surface area (Å²) in [5.41, 5.74) is 0. The summed E-state index contributed by atoms with van der Waals surface area (Å²) in [5.74, 6) is 0.715. The first-order chi connectivity index (χ1) is 11.0. The largest absolute Gasteiger partial charge is 0.341 e. The van der Waals surface area contributed by atoms with E-state index in [1.54, 1.807) is 16.3 Å². The van der Waals surface area contributed by atoms with Crippen molar-refractivity contribution in [3.63, 3.8) is 0 Å². The number of hydrogen-bond donors (Lipinski definition) is 2. The summed E-state index contributed by atoms with van der Waals surface area (Å²) in [4.78, 5) is 13.9. The molecule has 0 atom stereocenters. The lowest BCUT2D eigenvalue weighted by Gasteiger charge is -2.32. The van der Waals surface area contributed by atoms with Gasteiger partial charge in [-0.15, -0.1) is 11.3 Å². The number of rotatable bonds is 7. The van der Waals surface area contributed by atoms with E-state index in [0.717, 1.165) is 36.6 Å². The summed E-state index contributed by atoms with van der Waals surface area (Å²) in [6.07, 6.45) is 4.57. The monoisotopic (exact) mass is 357 g/mol. The Kier molecular flexibility index (Phi) is 5.35. The van der Waals surface area contributed by atoms with Crippen LogP contribution in [0.1, 0.15) is 25.7 Å². The van der Waals surface area contributed by atoms with E-state index in [1.807, 2.05) is 0 Å². The average molecular weight is 358 g/mol. The standard InChI is InChI=1S/C15H23N3O3S2/c19-14(11-17-23(20,21)15-2-1-9-22-15)18-7-5-13(6-8-18)16-10-12-3-4-12/h1-2,9,12-13,16-17H,3-8,10-11H2. The first-order valence-electron chi connectivity index (χ1n) is 8.09. The zero-order chi connectivity index (χ0) is 16.3. The van der Waals surface area contributed by atoms with Gasteiger partial charge in [-0.2, -0.15) is 0 Å². The van der Waals surface area contributed by atoms with Crippen molar-refractivity contribution in [2.45, 2.75) is 35.9 Å². The van der Waals surface area contributed by atoms with Crippen LogP contribution in [0.4, 0.5) is 0 Å². The second kappa shape index (κ2) is 7.29. The van der Waals surface area contributed by atoms with E-state index in [0.29, 0.717) is 19.1 Å². The molecule has 1 amide bonds. The molecule has 2 heterocycles. The minimum Gasteiger partial charge on any atom is -0.341 e.